The van der Waals surface area contributed by atoms with E-state index >= 15 is 0 Å². The minimum atomic E-state index is -0.615. The van der Waals surface area contributed by atoms with E-state index in [0.717, 1.165) is 21.7 Å². The van der Waals surface area contributed by atoms with Crippen molar-refractivity contribution >= 4 is 15.9 Å². The lowest BCUT2D eigenvalue weighted by atomic mass is 10.1. The summed E-state index contributed by atoms with van der Waals surface area (Å²) in [6.45, 7) is 2.02. The van der Waals surface area contributed by atoms with Gasteiger partial charge in [0.25, 0.3) is 5.82 Å². The van der Waals surface area contributed by atoms with E-state index in [1.807, 2.05) is 60.5 Å². The number of rotatable bonds is 2. The van der Waals surface area contributed by atoms with Crippen LogP contribution in [0.4, 0.5) is 0 Å². The van der Waals surface area contributed by atoms with Crippen LogP contribution < -0.4 is 28.5 Å². The Bertz CT molecular complexity index is 514. The van der Waals surface area contributed by atoms with Crippen molar-refractivity contribution in [3.63, 3.8) is 0 Å². The van der Waals surface area contributed by atoms with Gasteiger partial charge in [-0.25, -0.2) is 9.13 Å². The van der Waals surface area contributed by atoms with Crippen molar-refractivity contribution in [2.24, 2.45) is 14.1 Å². The van der Waals surface area contributed by atoms with Gasteiger partial charge in [-0.1, -0.05) is 30.3 Å². The molecule has 0 aliphatic heterocycles. The molecule has 1 N–H and O–H groups in total. The van der Waals surface area contributed by atoms with Gasteiger partial charge < -0.3 is 29.1 Å². The topological polar surface area (TPSA) is 29.0 Å². The summed E-state index contributed by atoms with van der Waals surface area (Å²) in [5.41, 5.74) is 1.77. The summed E-state index contributed by atoms with van der Waals surface area (Å²) in [5, 5.41) is 10.4. The second kappa shape index (κ2) is 6.16. The first kappa shape index (κ1) is 15.7. The van der Waals surface area contributed by atoms with Gasteiger partial charge in [0.1, 0.15) is 6.10 Å². The molecule has 18 heavy (non-hydrogen) atoms. The van der Waals surface area contributed by atoms with Crippen LogP contribution in [0.25, 0.3) is 0 Å². The summed E-state index contributed by atoms with van der Waals surface area (Å²) in [5.74, 6) is 1.09. The minimum Gasteiger partial charge on any atom is -1.00 e. The van der Waals surface area contributed by atoms with Crippen molar-refractivity contribution in [1.29, 1.82) is 0 Å². The molecule has 1 aromatic heterocycles. The first-order valence-electron chi connectivity index (χ1n) is 5.47. The highest BCUT2D eigenvalue weighted by Crippen LogP contribution is 2.27. The largest absolute Gasteiger partial charge is 1.00 e. The van der Waals surface area contributed by atoms with Crippen LogP contribution >= 0.6 is 15.9 Å². The van der Waals surface area contributed by atoms with Crippen LogP contribution in [0.15, 0.2) is 34.9 Å². The highest BCUT2D eigenvalue weighted by Gasteiger charge is 2.28. The van der Waals surface area contributed by atoms with Gasteiger partial charge in [0.2, 0.25) is 4.60 Å². The van der Waals surface area contributed by atoms with E-state index in [1.165, 1.54) is 0 Å². The molecule has 0 bridgehead atoms. The van der Waals surface area contributed by atoms with Crippen LogP contribution in [0.5, 0.6) is 0 Å². The number of nitrogens with zero attached hydrogens (tertiary/aromatic N) is 2. The molecule has 0 spiro atoms. The molecule has 2 rings (SSSR count). The van der Waals surface area contributed by atoms with Crippen molar-refractivity contribution in [2.45, 2.75) is 13.0 Å². The summed E-state index contributed by atoms with van der Waals surface area (Å²) in [7, 11) is 3.93. The lowest BCUT2D eigenvalue weighted by Gasteiger charge is -2.08. The molecule has 0 aliphatic rings. The molecule has 2 aromatic rings. The number of halogens is 2. The van der Waals surface area contributed by atoms with E-state index in [1.54, 1.807) is 0 Å². The third kappa shape index (κ3) is 2.62. The fourth-order valence-corrected chi connectivity index (χ4v) is 2.68. The van der Waals surface area contributed by atoms with E-state index in [9.17, 15) is 5.11 Å². The number of imidazole rings is 1. The third-order valence-electron chi connectivity index (χ3n) is 3.21. The van der Waals surface area contributed by atoms with Gasteiger partial charge in [-0.05, 0) is 5.56 Å². The van der Waals surface area contributed by atoms with E-state index in [-0.39, 0.29) is 24.0 Å². The molecule has 0 saturated heterocycles. The third-order valence-corrected chi connectivity index (χ3v) is 4.15. The van der Waals surface area contributed by atoms with Crippen molar-refractivity contribution in [1.82, 2.24) is 4.57 Å². The molecule has 0 aliphatic carbocycles. The van der Waals surface area contributed by atoms with Crippen LogP contribution in [-0.4, -0.2) is 9.67 Å². The zero-order chi connectivity index (χ0) is 12.6. The van der Waals surface area contributed by atoms with E-state index in [0.29, 0.717) is 0 Å². The predicted octanol–water partition coefficient (Wildman–Crippen LogP) is -0.994. The standard InChI is InChI=1S/C13H16BrN2O.HI/c1-9-15(2)11(13(14)16(9)3)12(17)10-7-5-4-6-8-10;/h4-8,12,17H,1-3H3;1H/q+1;/p-1. The molecule has 0 radical (unpaired) electrons. The summed E-state index contributed by atoms with van der Waals surface area (Å²) < 4.78 is 4.93. The molecule has 98 valence electrons. The molecule has 1 atom stereocenters. The van der Waals surface area contributed by atoms with Gasteiger partial charge in [0, 0.05) is 22.9 Å². The van der Waals surface area contributed by atoms with Crippen LogP contribution in [0.3, 0.4) is 0 Å². The fraction of sp³-hybridized carbons (Fsp3) is 0.308. The SMILES string of the molecule is Cc1n(C)c(C(O)c2ccccc2)c(Br)[n+]1C.[I-]. The van der Waals surface area contributed by atoms with Crippen LogP contribution in [0.1, 0.15) is 23.2 Å². The number of benzene rings is 1. The van der Waals surface area contributed by atoms with Gasteiger partial charge in [-0.2, -0.15) is 0 Å². The van der Waals surface area contributed by atoms with Gasteiger partial charge in [0.15, 0.2) is 5.69 Å². The molecule has 3 nitrogen and oxygen atoms in total. The van der Waals surface area contributed by atoms with Gasteiger partial charge >= 0.3 is 0 Å². The Morgan fingerprint density at radius 2 is 1.83 bits per heavy atom. The second-order valence-electron chi connectivity index (χ2n) is 4.15. The summed E-state index contributed by atoms with van der Waals surface area (Å²) in [6.07, 6.45) is -0.615. The molecule has 0 amide bonds. The lowest BCUT2D eigenvalue weighted by molar-refractivity contribution is -0.688. The molecule has 5 heteroatoms. The number of aromatic nitrogens is 2. The van der Waals surface area contributed by atoms with Crippen molar-refractivity contribution < 1.29 is 33.7 Å². The summed E-state index contributed by atoms with van der Waals surface area (Å²) >= 11 is 3.53. The molecule has 1 aromatic carbocycles. The first-order chi connectivity index (χ1) is 8.04. The maximum Gasteiger partial charge on any atom is 0.254 e. The molecule has 1 unspecified atom stereocenters. The number of aliphatic hydroxyl groups excluding tert-OH is 1. The van der Waals surface area contributed by atoms with E-state index in [2.05, 4.69) is 15.9 Å². The number of hydrogen-bond donors (Lipinski definition) is 1. The Morgan fingerprint density at radius 1 is 1.28 bits per heavy atom. The second-order valence-corrected chi connectivity index (χ2v) is 4.91. The molecule has 1 heterocycles. The average Bonchev–Trinajstić information content (AvgIpc) is 2.54. The van der Waals surface area contributed by atoms with Crippen molar-refractivity contribution in [2.75, 3.05) is 0 Å². The van der Waals surface area contributed by atoms with Crippen molar-refractivity contribution in [3.8, 4) is 0 Å². The molecule has 0 fully saturated rings. The zero-order valence-electron chi connectivity index (χ0n) is 10.6. The summed E-state index contributed by atoms with van der Waals surface area (Å²) in [4.78, 5) is 0. The first-order valence-corrected chi connectivity index (χ1v) is 6.27. The van der Waals surface area contributed by atoms with Gasteiger partial charge in [-0.15, -0.1) is 0 Å². The maximum atomic E-state index is 10.4. The average molecular weight is 423 g/mol. The highest BCUT2D eigenvalue weighted by molar-refractivity contribution is 9.10. The zero-order valence-corrected chi connectivity index (χ0v) is 14.3. The normalized spacial score (nSPS) is 12.1. The van der Waals surface area contributed by atoms with E-state index < -0.39 is 6.10 Å². The summed E-state index contributed by atoms with van der Waals surface area (Å²) in [6, 6.07) is 9.67. The Labute approximate surface area is 133 Å². The Morgan fingerprint density at radius 3 is 2.28 bits per heavy atom. The van der Waals surface area contributed by atoms with E-state index in [4.69, 9.17) is 0 Å². The number of hydrogen-bond acceptors (Lipinski definition) is 1. The maximum absolute atomic E-state index is 10.4. The molecule has 0 saturated carbocycles. The van der Waals surface area contributed by atoms with Crippen LogP contribution in [0, 0.1) is 6.92 Å². The predicted molar refractivity (Wildman–Crippen MR) is 69.5 cm³/mol. The Kier molecular flexibility index (Phi) is 5.36. The van der Waals surface area contributed by atoms with Crippen molar-refractivity contribution in [3.05, 3.63) is 52.0 Å². The fourth-order valence-electron chi connectivity index (χ4n) is 1.94. The Hall–Kier alpha value is -0.400. The van der Waals surface area contributed by atoms with Crippen LogP contribution in [0.2, 0.25) is 0 Å². The van der Waals surface area contributed by atoms with Gasteiger partial charge in [-0.3, -0.25) is 0 Å². The minimum absolute atomic E-state index is 0. The smallest absolute Gasteiger partial charge is 0.254 e. The Balaban J connectivity index is 0.00000162. The number of aliphatic hydroxyl groups is 1. The molecular formula is C13H16BrIN2O. The monoisotopic (exact) mass is 422 g/mol. The van der Waals surface area contributed by atoms with Crippen LogP contribution in [-0.2, 0) is 14.1 Å². The lowest BCUT2D eigenvalue weighted by Crippen LogP contribution is -3.00. The highest BCUT2D eigenvalue weighted by atomic mass is 127. The quantitative estimate of drug-likeness (QED) is 0.488. The molecular weight excluding hydrogens is 407 g/mol. The van der Waals surface area contributed by atoms with Gasteiger partial charge in [0.05, 0.1) is 14.1 Å².